The van der Waals surface area contributed by atoms with Crippen molar-refractivity contribution in [1.29, 1.82) is 0 Å². The highest BCUT2D eigenvalue weighted by Crippen LogP contribution is 2.34. The molecule has 6 heteroatoms. The van der Waals surface area contributed by atoms with Gasteiger partial charge in [-0.3, -0.25) is 9.79 Å². The lowest BCUT2D eigenvalue weighted by molar-refractivity contribution is -0.140. The highest BCUT2D eigenvalue weighted by Gasteiger charge is 2.28. The number of carbonyl (C=O) groups is 1. The summed E-state index contributed by atoms with van der Waals surface area (Å²) in [4.78, 5) is 21.1. The third-order valence-corrected chi connectivity index (χ3v) is 5.64. The minimum atomic E-state index is -0.210. The Kier molecular flexibility index (Phi) is 8.23. The van der Waals surface area contributed by atoms with Gasteiger partial charge in [0, 0.05) is 13.1 Å². The quantitative estimate of drug-likeness (QED) is 0.502. The molecule has 1 aliphatic carbocycles. The van der Waals surface area contributed by atoms with Gasteiger partial charge in [-0.05, 0) is 37.3 Å². The highest BCUT2D eigenvalue weighted by atomic mass is 16.5. The first kappa shape index (κ1) is 21.5. The SMILES string of the molecule is CCCCN=c1oc(C(NCCC(=O)OC)C2CCCCC2)nc2ccccc12. The highest BCUT2D eigenvalue weighted by molar-refractivity contribution is 5.76. The van der Waals surface area contributed by atoms with E-state index in [2.05, 4.69) is 12.2 Å². The van der Waals surface area contributed by atoms with Crippen LogP contribution in [0.2, 0.25) is 0 Å². The van der Waals surface area contributed by atoms with Gasteiger partial charge >= 0.3 is 5.97 Å². The molecule has 0 spiro atoms. The molecule has 6 nitrogen and oxygen atoms in total. The van der Waals surface area contributed by atoms with E-state index in [1.807, 2.05) is 24.3 Å². The van der Waals surface area contributed by atoms with Crippen LogP contribution in [-0.2, 0) is 9.53 Å². The number of hydrogen-bond donors (Lipinski definition) is 1. The summed E-state index contributed by atoms with van der Waals surface area (Å²) in [7, 11) is 1.42. The van der Waals surface area contributed by atoms with Gasteiger partial charge in [0.15, 0.2) is 0 Å². The first-order chi connectivity index (χ1) is 14.2. The smallest absolute Gasteiger partial charge is 0.306 e. The third-order valence-electron chi connectivity index (χ3n) is 5.64. The molecule has 1 heterocycles. The fourth-order valence-electron chi connectivity index (χ4n) is 3.99. The zero-order valence-electron chi connectivity index (χ0n) is 17.7. The number of rotatable bonds is 9. The van der Waals surface area contributed by atoms with Crippen LogP contribution in [0.25, 0.3) is 10.9 Å². The van der Waals surface area contributed by atoms with Gasteiger partial charge < -0.3 is 14.5 Å². The average Bonchev–Trinajstić information content (AvgIpc) is 2.77. The lowest BCUT2D eigenvalue weighted by Gasteiger charge is -2.29. The summed E-state index contributed by atoms with van der Waals surface area (Å²) < 4.78 is 11.1. The van der Waals surface area contributed by atoms with Crippen LogP contribution in [0.1, 0.15) is 70.2 Å². The number of carbonyl (C=O) groups excluding carboxylic acids is 1. The van der Waals surface area contributed by atoms with Gasteiger partial charge in [0.2, 0.25) is 11.4 Å². The minimum Gasteiger partial charge on any atom is -0.469 e. The zero-order valence-corrected chi connectivity index (χ0v) is 17.7. The van der Waals surface area contributed by atoms with Crippen LogP contribution >= 0.6 is 0 Å². The van der Waals surface area contributed by atoms with Crippen LogP contribution in [0, 0.1) is 5.92 Å². The number of para-hydroxylation sites is 1. The number of nitrogens with one attached hydrogen (secondary N) is 1. The fraction of sp³-hybridized carbons (Fsp3) is 0.609. The Balaban J connectivity index is 1.94. The van der Waals surface area contributed by atoms with E-state index >= 15 is 0 Å². The van der Waals surface area contributed by atoms with Gasteiger partial charge in [-0.15, -0.1) is 0 Å². The Hall–Kier alpha value is -2.21. The van der Waals surface area contributed by atoms with E-state index in [9.17, 15) is 4.79 Å². The van der Waals surface area contributed by atoms with E-state index in [1.54, 1.807) is 0 Å². The molecule has 0 bridgehead atoms. The lowest BCUT2D eigenvalue weighted by atomic mass is 9.83. The molecule has 1 aromatic carbocycles. The van der Waals surface area contributed by atoms with Gasteiger partial charge in [-0.1, -0.05) is 44.7 Å². The molecule has 2 aromatic rings. The Morgan fingerprint density at radius 2 is 2.10 bits per heavy atom. The van der Waals surface area contributed by atoms with Crippen molar-refractivity contribution in [2.45, 2.75) is 64.3 Å². The van der Waals surface area contributed by atoms with Crippen molar-refractivity contribution in [3.8, 4) is 0 Å². The van der Waals surface area contributed by atoms with Gasteiger partial charge in [0.25, 0.3) is 0 Å². The summed E-state index contributed by atoms with van der Waals surface area (Å²) in [6, 6.07) is 7.99. The van der Waals surface area contributed by atoms with Gasteiger partial charge in [0.05, 0.1) is 30.5 Å². The number of aromatic nitrogens is 1. The molecular formula is C23H33N3O3. The molecule has 1 atom stereocenters. The topological polar surface area (TPSA) is 76.7 Å². The predicted molar refractivity (Wildman–Crippen MR) is 113 cm³/mol. The number of esters is 1. The fourth-order valence-corrected chi connectivity index (χ4v) is 3.99. The van der Waals surface area contributed by atoms with E-state index in [1.165, 1.54) is 26.4 Å². The van der Waals surface area contributed by atoms with Crippen LogP contribution < -0.4 is 10.9 Å². The molecule has 0 radical (unpaired) electrons. The lowest BCUT2D eigenvalue weighted by Crippen LogP contribution is -2.33. The van der Waals surface area contributed by atoms with Gasteiger partial charge in [-0.25, -0.2) is 4.98 Å². The van der Waals surface area contributed by atoms with Crippen molar-refractivity contribution in [2.24, 2.45) is 10.9 Å². The number of unbranched alkanes of at least 4 members (excludes halogenated alkanes) is 1. The number of ether oxygens (including phenoxy) is 1. The summed E-state index contributed by atoms with van der Waals surface area (Å²) in [6.07, 6.45) is 8.48. The first-order valence-corrected chi connectivity index (χ1v) is 10.9. The Labute approximate surface area is 172 Å². The molecule has 1 aliphatic rings. The number of hydrogen-bond acceptors (Lipinski definition) is 6. The molecule has 1 N–H and O–H groups in total. The molecule has 0 aliphatic heterocycles. The second kappa shape index (κ2) is 11.1. The van der Waals surface area contributed by atoms with Gasteiger partial charge in [-0.2, -0.15) is 0 Å². The maximum Gasteiger partial charge on any atom is 0.306 e. The largest absolute Gasteiger partial charge is 0.469 e. The summed E-state index contributed by atoms with van der Waals surface area (Å²) in [5.41, 5.74) is 1.56. The summed E-state index contributed by atoms with van der Waals surface area (Å²) in [6.45, 7) is 3.45. The molecule has 0 amide bonds. The van der Waals surface area contributed by atoms with Crippen LogP contribution in [0.5, 0.6) is 0 Å². The molecule has 158 valence electrons. The van der Waals surface area contributed by atoms with Crippen LogP contribution in [0.4, 0.5) is 0 Å². The van der Waals surface area contributed by atoms with Gasteiger partial charge in [0.1, 0.15) is 0 Å². The van der Waals surface area contributed by atoms with Crippen molar-refractivity contribution < 1.29 is 13.9 Å². The molecule has 1 fully saturated rings. The predicted octanol–water partition coefficient (Wildman–Crippen LogP) is 4.30. The second-order valence-electron chi connectivity index (χ2n) is 7.77. The Bertz CT molecular complexity index is 856. The maximum absolute atomic E-state index is 11.6. The normalized spacial score (nSPS) is 16.8. The monoisotopic (exact) mass is 399 g/mol. The second-order valence-corrected chi connectivity index (χ2v) is 7.77. The van der Waals surface area contributed by atoms with Crippen LogP contribution in [-0.4, -0.2) is 31.2 Å². The molecule has 1 saturated carbocycles. The van der Waals surface area contributed by atoms with Crippen molar-refractivity contribution in [2.75, 3.05) is 20.2 Å². The summed E-state index contributed by atoms with van der Waals surface area (Å²) >= 11 is 0. The minimum absolute atomic E-state index is 0.0234. The van der Waals surface area contributed by atoms with E-state index in [-0.39, 0.29) is 12.0 Å². The first-order valence-electron chi connectivity index (χ1n) is 10.9. The Morgan fingerprint density at radius 3 is 2.86 bits per heavy atom. The molecule has 1 aromatic heterocycles. The number of fused-ring (bicyclic) bond motifs is 1. The van der Waals surface area contributed by atoms with Crippen molar-refractivity contribution in [3.05, 3.63) is 35.7 Å². The maximum atomic E-state index is 11.6. The van der Waals surface area contributed by atoms with Crippen molar-refractivity contribution >= 4 is 16.9 Å². The molecule has 0 saturated heterocycles. The third kappa shape index (κ3) is 5.89. The number of nitrogens with zero attached hydrogens (tertiary/aromatic N) is 2. The average molecular weight is 400 g/mol. The standard InChI is InChI=1S/C23H33N3O3/c1-3-4-15-25-22-18-12-8-9-13-19(18)26-23(29-22)21(17-10-6-5-7-11-17)24-16-14-20(27)28-2/h8-9,12-13,17,21,24H,3-7,10-11,14-16H2,1-2H3. The molecule has 3 rings (SSSR count). The van der Waals surface area contributed by atoms with Crippen molar-refractivity contribution in [3.63, 3.8) is 0 Å². The van der Waals surface area contributed by atoms with E-state index in [4.69, 9.17) is 19.1 Å². The van der Waals surface area contributed by atoms with Crippen LogP contribution in [0.15, 0.2) is 33.7 Å². The van der Waals surface area contributed by atoms with E-state index in [0.717, 1.165) is 43.1 Å². The molecule has 29 heavy (non-hydrogen) atoms. The van der Waals surface area contributed by atoms with Crippen LogP contribution in [0.3, 0.4) is 0 Å². The zero-order chi connectivity index (χ0) is 20.5. The number of benzene rings is 1. The van der Waals surface area contributed by atoms with Crippen molar-refractivity contribution in [1.82, 2.24) is 10.3 Å². The Morgan fingerprint density at radius 1 is 1.31 bits per heavy atom. The summed E-state index contributed by atoms with van der Waals surface area (Å²) in [5, 5.41) is 4.48. The summed E-state index contributed by atoms with van der Waals surface area (Å²) in [5.74, 6) is 0.913. The van der Waals surface area contributed by atoms with E-state index in [0.29, 0.717) is 30.3 Å². The van der Waals surface area contributed by atoms with E-state index < -0.39 is 0 Å². The number of methoxy groups -OCH3 is 1. The molecule has 1 unspecified atom stereocenters. The molecular weight excluding hydrogens is 366 g/mol.